The number of hydrogen-bond donors (Lipinski definition) is 3. The first-order chi connectivity index (χ1) is 12.4. The maximum absolute atomic E-state index is 13.1. The molecular weight excluding hydrogens is 378 g/mol. The Hall–Kier alpha value is -2.52. The summed E-state index contributed by atoms with van der Waals surface area (Å²) in [6.45, 7) is 8.32. The van der Waals surface area contributed by atoms with Gasteiger partial charge in [-0.2, -0.15) is 31.4 Å². The Balaban J connectivity index is 1.89. The highest BCUT2D eigenvalue weighted by Crippen LogP contribution is 2.42. The summed E-state index contributed by atoms with van der Waals surface area (Å²) in [4.78, 5) is 2.84. The number of halogens is 6. The number of fused-ring (bicyclic) bond motifs is 1. The molecule has 0 spiro atoms. The number of hydrogen-bond acceptors (Lipinski definition) is 5. The van der Waals surface area contributed by atoms with Crippen LogP contribution in [0.15, 0.2) is 23.3 Å². The molecule has 2 aliphatic rings. The number of hydrazone groups is 1. The Morgan fingerprint density at radius 3 is 2.52 bits per heavy atom. The molecule has 0 aliphatic carbocycles. The van der Waals surface area contributed by atoms with Crippen molar-refractivity contribution in [3.8, 4) is 0 Å². The predicted octanol–water partition coefficient (Wildman–Crippen LogP) is 3.22. The van der Waals surface area contributed by atoms with Crippen LogP contribution in [-0.4, -0.2) is 34.9 Å². The first-order valence-electron chi connectivity index (χ1n) is 7.67. The molecule has 146 valence electrons. The average molecular weight is 392 g/mol. The minimum atomic E-state index is -4.74. The van der Waals surface area contributed by atoms with Gasteiger partial charge in [-0.25, -0.2) is 4.85 Å². The highest BCUT2D eigenvalue weighted by atomic mass is 19.4. The van der Waals surface area contributed by atoms with Gasteiger partial charge in [0.25, 0.3) is 0 Å². The van der Waals surface area contributed by atoms with Crippen molar-refractivity contribution >= 4 is 17.1 Å². The topological polar surface area (TPSA) is 70.0 Å². The fourth-order valence-corrected chi connectivity index (χ4v) is 3.21. The van der Waals surface area contributed by atoms with Crippen molar-refractivity contribution in [1.82, 2.24) is 10.3 Å². The van der Waals surface area contributed by atoms with Gasteiger partial charge in [0.05, 0.1) is 17.7 Å². The Morgan fingerprint density at radius 1 is 1.30 bits per heavy atom. The van der Waals surface area contributed by atoms with Crippen molar-refractivity contribution in [1.29, 1.82) is 0 Å². The number of rotatable bonds is 2. The van der Waals surface area contributed by atoms with E-state index in [0.29, 0.717) is 0 Å². The van der Waals surface area contributed by atoms with E-state index in [1.165, 1.54) is 13.0 Å². The van der Waals surface area contributed by atoms with Gasteiger partial charge in [0.1, 0.15) is 11.9 Å². The third-order valence-electron chi connectivity index (χ3n) is 4.56. The minimum absolute atomic E-state index is 0.0111. The van der Waals surface area contributed by atoms with Gasteiger partial charge in [-0.3, -0.25) is 16.1 Å². The van der Waals surface area contributed by atoms with Gasteiger partial charge in [0, 0.05) is 12.1 Å². The van der Waals surface area contributed by atoms with E-state index in [-0.39, 0.29) is 5.69 Å². The Bertz CT molecular complexity index is 826. The molecule has 0 amide bonds. The number of anilines is 1. The van der Waals surface area contributed by atoms with Crippen molar-refractivity contribution in [2.45, 2.75) is 43.7 Å². The smallest absolute Gasteiger partial charge is 0.368 e. The summed E-state index contributed by atoms with van der Waals surface area (Å²) < 4.78 is 78.3. The Morgan fingerprint density at radius 2 is 1.96 bits per heavy atom. The summed E-state index contributed by atoms with van der Waals surface area (Å²) in [5.74, 6) is 0. The van der Waals surface area contributed by atoms with Crippen LogP contribution in [0, 0.1) is 6.57 Å². The van der Waals surface area contributed by atoms with Crippen LogP contribution in [-0.2, 0) is 6.18 Å². The molecule has 2 unspecified atom stereocenters. The van der Waals surface area contributed by atoms with Crippen LogP contribution in [0.3, 0.4) is 0 Å². The predicted molar refractivity (Wildman–Crippen MR) is 84.6 cm³/mol. The second kappa shape index (κ2) is 6.00. The molecule has 1 fully saturated rings. The number of benzene rings is 1. The van der Waals surface area contributed by atoms with Crippen LogP contribution in [0.2, 0.25) is 0 Å². The lowest BCUT2D eigenvalue weighted by atomic mass is 9.93. The van der Waals surface area contributed by atoms with Crippen molar-refractivity contribution in [3.05, 3.63) is 35.2 Å². The SMILES string of the molecule is [C-]#[N+]c1ccc(NC2NC(N)N3N=C(C(F)(F)F)C[C@]23C)cc1C(F)(F)F. The standard InChI is InChI=1S/C15H14F6N6/c1-13-6-10(15(19,20)21)26-27(13)12(22)25-11(13)24-7-3-4-9(23-2)8(5-7)14(16,17)18/h3-5,11-12,24-25H,6,22H2,1H3/t11?,12?,13-/m1/s1. The fourth-order valence-electron chi connectivity index (χ4n) is 3.21. The molecule has 1 saturated heterocycles. The van der Waals surface area contributed by atoms with Crippen LogP contribution < -0.4 is 16.4 Å². The third kappa shape index (κ3) is 3.28. The van der Waals surface area contributed by atoms with Crippen LogP contribution in [0.5, 0.6) is 0 Å². The summed E-state index contributed by atoms with van der Waals surface area (Å²) in [5.41, 5.74) is 1.82. The van der Waals surface area contributed by atoms with E-state index in [1.807, 2.05) is 0 Å². The zero-order valence-electron chi connectivity index (χ0n) is 13.8. The van der Waals surface area contributed by atoms with Crippen molar-refractivity contribution in [3.63, 3.8) is 0 Å². The number of alkyl halides is 6. The minimum Gasteiger partial charge on any atom is -0.368 e. The zero-order valence-corrected chi connectivity index (χ0v) is 13.8. The van der Waals surface area contributed by atoms with Gasteiger partial charge in [0.2, 0.25) is 0 Å². The highest BCUT2D eigenvalue weighted by molar-refractivity contribution is 5.92. The van der Waals surface area contributed by atoms with E-state index in [9.17, 15) is 26.3 Å². The molecule has 1 aromatic rings. The van der Waals surface area contributed by atoms with Crippen molar-refractivity contribution < 1.29 is 26.3 Å². The van der Waals surface area contributed by atoms with Crippen LogP contribution in [0.25, 0.3) is 4.85 Å². The highest BCUT2D eigenvalue weighted by Gasteiger charge is 2.57. The summed E-state index contributed by atoms with van der Waals surface area (Å²) in [7, 11) is 0. The van der Waals surface area contributed by atoms with E-state index in [4.69, 9.17) is 12.3 Å². The third-order valence-corrected chi connectivity index (χ3v) is 4.56. The summed E-state index contributed by atoms with van der Waals surface area (Å²) in [5, 5.41) is 10.1. The first kappa shape index (κ1) is 19.2. The average Bonchev–Trinajstić information content (AvgIpc) is 3.01. The van der Waals surface area contributed by atoms with E-state index < -0.39 is 53.7 Å². The molecular formula is C15H14F6N6. The number of nitrogens with one attached hydrogen (secondary N) is 2. The normalized spacial score (nSPS) is 28.0. The number of nitrogens with two attached hydrogens (primary N) is 1. The molecule has 0 radical (unpaired) electrons. The van der Waals surface area contributed by atoms with Crippen LogP contribution in [0.4, 0.5) is 37.7 Å². The lowest BCUT2D eigenvalue weighted by Crippen LogP contribution is -2.50. The van der Waals surface area contributed by atoms with Gasteiger partial charge in [-0.15, -0.1) is 0 Å². The van der Waals surface area contributed by atoms with Gasteiger partial charge < -0.3 is 5.32 Å². The molecule has 1 aromatic carbocycles. The van der Waals surface area contributed by atoms with Gasteiger partial charge in [-0.1, -0.05) is 6.07 Å². The summed E-state index contributed by atoms with van der Waals surface area (Å²) in [6, 6.07) is 2.99. The second-order valence-corrected chi connectivity index (χ2v) is 6.45. The lowest BCUT2D eigenvalue weighted by molar-refractivity contribution is -0.136. The molecule has 12 heteroatoms. The first-order valence-corrected chi connectivity index (χ1v) is 7.67. The van der Waals surface area contributed by atoms with E-state index in [0.717, 1.165) is 17.1 Å². The van der Waals surface area contributed by atoms with E-state index >= 15 is 0 Å². The van der Waals surface area contributed by atoms with E-state index in [1.54, 1.807) is 0 Å². The van der Waals surface area contributed by atoms with Crippen molar-refractivity contribution in [2.75, 3.05) is 5.32 Å². The zero-order chi connectivity index (χ0) is 20.2. The molecule has 4 N–H and O–H groups in total. The quantitative estimate of drug-likeness (QED) is 0.534. The van der Waals surface area contributed by atoms with Gasteiger partial charge in [-0.05, 0) is 19.1 Å². The molecule has 0 bridgehead atoms. The monoisotopic (exact) mass is 392 g/mol. The molecule has 27 heavy (non-hydrogen) atoms. The molecule has 3 atom stereocenters. The van der Waals surface area contributed by atoms with Gasteiger partial charge >= 0.3 is 12.4 Å². The Labute approximate surface area is 149 Å². The maximum atomic E-state index is 13.1. The van der Waals surface area contributed by atoms with Crippen LogP contribution in [0.1, 0.15) is 18.9 Å². The molecule has 0 aromatic heterocycles. The number of nitrogens with zero attached hydrogens (tertiary/aromatic N) is 3. The maximum Gasteiger partial charge on any atom is 0.431 e. The molecule has 0 saturated carbocycles. The molecule has 2 heterocycles. The molecule has 2 aliphatic heterocycles. The van der Waals surface area contributed by atoms with Gasteiger partial charge in [0.15, 0.2) is 12.0 Å². The van der Waals surface area contributed by atoms with Crippen molar-refractivity contribution in [2.24, 2.45) is 10.8 Å². The largest absolute Gasteiger partial charge is 0.431 e. The lowest BCUT2D eigenvalue weighted by Gasteiger charge is -2.32. The molecule has 6 nitrogen and oxygen atoms in total. The fraction of sp³-hybridized carbons (Fsp3) is 0.467. The molecule has 3 rings (SSSR count). The second-order valence-electron chi connectivity index (χ2n) is 6.45. The van der Waals surface area contributed by atoms with Crippen LogP contribution >= 0.6 is 0 Å². The van der Waals surface area contributed by atoms with E-state index in [2.05, 4.69) is 20.6 Å². The summed E-state index contributed by atoms with van der Waals surface area (Å²) >= 11 is 0. The summed E-state index contributed by atoms with van der Waals surface area (Å²) in [6.07, 6.45) is -11.8. The Kier molecular flexibility index (Phi) is 4.28.